The molecular formula is C97H129F4N8NaO30. The third-order valence-corrected chi connectivity index (χ3v) is 24.9. The third kappa shape index (κ3) is 27.8. The molecule has 9 amide bonds. The van der Waals surface area contributed by atoms with Gasteiger partial charge in [0.2, 0.25) is 11.2 Å². The third-order valence-electron chi connectivity index (χ3n) is 24.9. The second kappa shape index (κ2) is 48.1. The van der Waals surface area contributed by atoms with Gasteiger partial charge >= 0.3 is 83.9 Å². The predicted octanol–water partition coefficient (Wildman–Crippen LogP) is 7.81. The first kappa shape index (κ1) is 114. The molecule has 10 bridgehead atoms. The molecule has 4 aromatic rings. The number of nitrogens with one attached hydrogen (secondary N) is 1. The van der Waals surface area contributed by atoms with E-state index in [2.05, 4.69) is 10.2 Å². The number of carbonyl (C=O) groups is 14. The van der Waals surface area contributed by atoms with Crippen molar-refractivity contribution in [1.82, 2.24) is 34.7 Å². The van der Waals surface area contributed by atoms with Gasteiger partial charge in [0, 0.05) is 6.54 Å². The quantitative estimate of drug-likeness (QED) is 0.0137. The fourth-order valence-corrected chi connectivity index (χ4v) is 19.5. The number of halogens is 4. The summed E-state index contributed by atoms with van der Waals surface area (Å²) < 4.78 is 112. The number of benzene rings is 3. The van der Waals surface area contributed by atoms with Gasteiger partial charge in [0.1, 0.15) is 83.2 Å². The number of carbonyl (C=O) groups excluding carboxylic acids is 14. The standard InChI is InChI=1S/C20H23FN2O4.C18H18O7.C13H20FNO4.C13H21NO5.C12H21FN2O2.C12H20FNO3.C8H5NO2.CH2O3.Na/c1-20(2,3)27-19(26)23-15-9-11(8-14(15)21)16(23)10-22-17(24)12-6-4-5-7-13(12)18(22)25;1-3-22-17(20)13-11-25-16(18(21)23-4-2)15(14(13)19)24-10-12-8-6-5-7-9-12;1-13(2,3)19-12(17)15-9-6-7(5-8(9)14)10(15)11(16)18-4;1-13(2,3)19-12(17)14-8-5-7(6-9(8)15)10(14)11(16)18-4;1-12(2,3)17-11(16)15-9-5-7(4-8(9)13)10(15)6-14;1-12(2,3)17-11(16)14-9-5-7(4-8(9)13)10(14)6-15;10-7-5-3-1-2-4-6(5)8(11)9-7;2-1-4-3;/h4-7,11,14-16H,8-10H2,1-3H3;5-9,11H,3-4,10H2,1-2H3;7-10H,5-6H2,1-4H3;7-10,15H,5-6H2,1-4H3;7-10H,4-6,14H2,1-3H3;7-10,15H,4-6H2,1-3H3;1-4H,(H,9,10,11);1,3H;/q;;;;;;;;+1/p-1/t11-,14-,15?,16+;;7-,8-,9?,10-;7-,8?,9+,10-;2*7-,8-,9?,10+;;;/m0.0000.../s1. The molecule has 8 heterocycles. The van der Waals surface area contributed by atoms with Crippen molar-refractivity contribution >= 4 is 84.4 Å². The number of hydrogen-bond donors (Lipinski definition) is 4. The van der Waals surface area contributed by atoms with Gasteiger partial charge in [0.15, 0.2) is 0 Å². The van der Waals surface area contributed by atoms with Gasteiger partial charge in [-0.25, -0.2) is 60.7 Å². The first-order valence-electron chi connectivity index (χ1n) is 46.2. The minimum Gasteiger partial charge on any atom is -0.662 e. The molecule has 5 saturated carbocycles. The summed E-state index contributed by atoms with van der Waals surface area (Å²) >= 11 is 0. The van der Waals surface area contributed by atoms with Gasteiger partial charge in [-0.2, -0.15) is 0 Å². The van der Waals surface area contributed by atoms with Crippen molar-refractivity contribution in [3.05, 3.63) is 134 Å². The zero-order valence-electron chi connectivity index (χ0n) is 82.6. The summed E-state index contributed by atoms with van der Waals surface area (Å²) in [4.78, 5) is 188. The van der Waals surface area contributed by atoms with Crippen molar-refractivity contribution in [3.8, 4) is 5.75 Å². The Labute approximate surface area is 831 Å². The summed E-state index contributed by atoms with van der Waals surface area (Å²) in [5, 5.41) is 29.9. The summed E-state index contributed by atoms with van der Waals surface area (Å²) in [6.45, 7) is 30.1. The number of imide groups is 2. The van der Waals surface area contributed by atoms with Gasteiger partial charge < -0.3 is 77.9 Å². The second-order valence-electron chi connectivity index (χ2n) is 40.3. The SMILES string of the molecule is CC(C)(C)OC(=O)N1C2C[C@H](C[C@@H]2F)[C@H]1CN.CC(C)(C)OC(=O)N1C2C[C@H](C[C@@H]2F)[C@H]1CN1C(=O)c2ccccc2C1=O.CC(C)(C)OC(=O)N1C2C[C@H](C[C@@H]2F)[C@H]1CO.CCOC(=O)c1occ(C(=O)OCC)c(=O)c1OCc1ccccc1.COC(=O)[C@@H]1[C@@H]2CC([C@@H](F)C2)N1C(=O)OC(C)(C)C.COC(=O)[C@@H]1[C@H]2CC([C@H](O)C2)N1C(=O)OC(C)(C)C.O=C1NC(=O)c2ccccc21.O=CO[O-].[Na+]. The van der Waals surface area contributed by atoms with E-state index in [1.807, 2.05) is 39.0 Å². The number of nitrogens with zero attached hydrogens (tertiary/aromatic N) is 6. The predicted molar refractivity (Wildman–Crippen MR) is 482 cm³/mol. The number of nitrogens with two attached hydrogens (primary N) is 1. The maximum Gasteiger partial charge on any atom is 1.00 e. The number of esters is 4. The Morgan fingerprint density at radius 2 is 0.814 bits per heavy atom. The van der Waals surface area contributed by atoms with Crippen molar-refractivity contribution < 1.29 is 186 Å². The van der Waals surface area contributed by atoms with Crippen molar-refractivity contribution in [1.29, 1.82) is 0 Å². The fraction of sp³-hybridized carbons (Fsp3) is 0.619. The first-order valence-corrected chi connectivity index (χ1v) is 46.2. The van der Waals surface area contributed by atoms with E-state index in [0.29, 0.717) is 86.6 Å². The van der Waals surface area contributed by atoms with E-state index in [9.17, 15) is 94.9 Å². The average molecular weight is 1990 g/mol. The average Bonchev–Trinajstić information content (AvgIpc) is 1.57. The molecular weight excluding hydrogens is 1860 g/mol. The first-order chi connectivity index (χ1) is 65.1. The van der Waals surface area contributed by atoms with Gasteiger partial charge in [-0.1, -0.05) is 54.6 Å². The molecule has 140 heavy (non-hydrogen) atoms. The molecule has 12 aliphatic rings. The molecule has 43 heteroatoms. The normalized spacial score (nSPS) is 26.7. The van der Waals surface area contributed by atoms with Crippen LogP contribution in [0.5, 0.6) is 5.75 Å². The zero-order chi connectivity index (χ0) is 103. The van der Waals surface area contributed by atoms with Gasteiger partial charge in [-0.05, 0) is 241 Å². The molecule has 1 aromatic heterocycles. The minimum atomic E-state index is -1.10. The van der Waals surface area contributed by atoms with Crippen molar-refractivity contribution in [3.63, 3.8) is 0 Å². The number of aliphatic hydroxyl groups excluding tert-OH is 2. The van der Waals surface area contributed by atoms with E-state index in [1.165, 1.54) is 43.6 Å². The molecule has 0 spiro atoms. The minimum absolute atomic E-state index is 0. The zero-order valence-corrected chi connectivity index (χ0v) is 84.6. The molecule has 10 fully saturated rings. The summed E-state index contributed by atoms with van der Waals surface area (Å²) in [6, 6.07) is 18.2. The van der Waals surface area contributed by atoms with Gasteiger partial charge in [0.05, 0.1) is 117 Å². The van der Waals surface area contributed by atoms with Crippen LogP contribution in [-0.2, 0) is 68.5 Å². The summed E-state index contributed by atoms with van der Waals surface area (Å²) in [7, 11) is 2.58. The van der Waals surface area contributed by atoms with Crippen LogP contribution >= 0.6 is 0 Å². The van der Waals surface area contributed by atoms with Gasteiger partial charge in [-0.15, -0.1) is 0 Å². The monoisotopic (exact) mass is 1980 g/mol. The number of fused-ring (bicyclic) bond motifs is 12. The molecule has 5 aliphatic carbocycles. The maximum absolute atomic E-state index is 14.3. The van der Waals surface area contributed by atoms with Crippen molar-refractivity contribution in [2.24, 2.45) is 35.3 Å². The van der Waals surface area contributed by atoms with Gasteiger partial charge in [-0.3, -0.25) is 63.5 Å². The number of aliphatic hydroxyl groups is 2. The van der Waals surface area contributed by atoms with Crippen molar-refractivity contribution in [2.45, 2.75) is 308 Å². The molecule has 5 N–H and O–H groups in total. The fourth-order valence-electron chi connectivity index (χ4n) is 19.5. The number of hydrogen-bond acceptors (Lipinski definition) is 31. The van der Waals surface area contributed by atoms with E-state index < -0.39 is 161 Å². The van der Waals surface area contributed by atoms with E-state index in [4.69, 9.17) is 67.6 Å². The topological polar surface area (TPSA) is 492 Å². The van der Waals surface area contributed by atoms with Crippen molar-refractivity contribution in [2.75, 3.05) is 47.1 Å². The van der Waals surface area contributed by atoms with E-state index in [-0.39, 0.29) is 158 Å². The summed E-state index contributed by atoms with van der Waals surface area (Å²) in [5.41, 5.74) is 3.85. The van der Waals surface area contributed by atoms with E-state index >= 15 is 0 Å². The van der Waals surface area contributed by atoms with E-state index in [1.54, 1.807) is 158 Å². The van der Waals surface area contributed by atoms with Crippen LogP contribution in [0.15, 0.2) is 94.3 Å². The maximum atomic E-state index is 14.3. The van der Waals surface area contributed by atoms with Crippen LogP contribution in [0.1, 0.15) is 250 Å². The molecule has 5 saturated heterocycles. The number of methoxy groups -OCH3 is 2. The number of amides is 9. The summed E-state index contributed by atoms with van der Waals surface area (Å²) in [6.07, 6.45) is -1.31. The molecule has 766 valence electrons. The second-order valence-corrected chi connectivity index (χ2v) is 40.3. The molecule has 3 aromatic carbocycles. The number of ether oxygens (including phenoxy) is 10. The molecule has 7 aliphatic heterocycles. The van der Waals surface area contributed by atoms with Gasteiger partial charge in [0.25, 0.3) is 35.9 Å². The Kier molecular flexibility index (Phi) is 39.3. The Hall–Kier alpha value is -11.0. The molecule has 16 rings (SSSR count). The number of piperidine rings is 5. The smallest absolute Gasteiger partial charge is 0.662 e. The number of rotatable bonds is 14. The van der Waals surface area contributed by atoms with E-state index in [0.717, 1.165) is 18.2 Å². The molecule has 5 unspecified atom stereocenters. The Morgan fingerprint density at radius 1 is 0.479 bits per heavy atom. The van der Waals surface area contributed by atoms with Crippen LogP contribution < -0.4 is 56.0 Å². The van der Waals surface area contributed by atoms with Crippen LogP contribution in [0.4, 0.5) is 41.5 Å². The van der Waals surface area contributed by atoms with Crippen LogP contribution in [0.3, 0.4) is 0 Å². The molecule has 0 radical (unpaired) electrons. The van der Waals surface area contributed by atoms with Crippen LogP contribution in [0, 0.1) is 29.6 Å². The Balaban J connectivity index is 0.000000201. The number of alkyl halides is 4. The Bertz CT molecular complexity index is 4930. The Morgan fingerprint density at radius 3 is 1.21 bits per heavy atom. The summed E-state index contributed by atoms with van der Waals surface area (Å²) in [5.74, 6) is -4.75. The van der Waals surface area contributed by atoms with Crippen LogP contribution in [0.25, 0.3) is 0 Å². The molecule has 20 atom stereocenters. The number of likely N-dealkylation sites (tertiary alicyclic amines) is 5. The van der Waals surface area contributed by atoms with Crippen LogP contribution in [0.2, 0.25) is 0 Å². The van der Waals surface area contributed by atoms with Crippen LogP contribution in [-0.4, -0.2) is 290 Å². The molecule has 38 nitrogen and oxygen atoms in total. The largest absolute Gasteiger partial charge is 1.00 e.